The molecule has 0 aromatic rings. The molecule has 0 bridgehead atoms. The predicted molar refractivity (Wildman–Crippen MR) is 40.3 cm³/mol. The van der Waals surface area contributed by atoms with E-state index in [0.717, 1.165) is 6.08 Å². The van der Waals surface area contributed by atoms with Crippen LogP contribution < -0.4 is 0 Å². The van der Waals surface area contributed by atoms with Gasteiger partial charge in [0.15, 0.2) is 0 Å². The zero-order valence-corrected chi connectivity index (χ0v) is 7.39. The Morgan fingerprint density at radius 2 is 2.15 bits per heavy atom. The maximum absolute atomic E-state index is 10.4. The van der Waals surface area contributed by atoms with Crippen molar-refractivity contribution >= 4 is 13.8 Å². The standard InChI is InChI=1S/C5H9O7P/c1-2-4(6)12-5(7)3-11-13(8,9)10/h2,5,7H,1,3H2,(H2,8,9,10). The fourth-order valence-electron chi connectivity index (χ4n) is 0.377. The van der Waals surface area contributed by atoms with E-state index in [4.69, 9.17) is 14.9 Å². The molecule has 0 spiro atoms. The molecule has 0 radical (unpaired) electrons. The van der Waals surface area contributed by atoms with Gasteiger partial charge in [0.1, 0.15) is 6.61 Å². The topological polar surface area (TPSA) is 113 Å². The summed E-state index contributed by atoms with van der Waals surface area (Å²) in [4.78, 5) is 26.7. The van der Waals surface area contributed by atoms with Crippen LogP contribution in [0.25, 0.3) is 0 Å². The highest BCUT2D eigenvalue weighted by Crippen LogP contribution is 2.35. The van der Waals surface area contributed by atoms with E-state index < -0.39 is 26.7 Å². The normalized spacial score (nSPS) is 13.5. The van der Waals surface area contributed by atoms with Gasteiger partial charge in [0.25, 0.3) is 0 Å². The molecular formula is C5H9O7P. The summed E-state index contributed by atoms with van der Waals surface area (Å²) in [6.07, 6.45) is -0.932. The summed E-state index contributed by atoms with van der Waals surface area (Å²) in [5, 5.41) is 8.75. The van der Waals surface area contributed by atoms with Gasteiger partial charge in [0.05, 0.1) is 0 Å². The smallest absolute Gasteiger partial charge is 0.430 e. The van der Waals surface area contributed by atoms with Crippen molar-refractivity contribution in [3.63, 3.8) is 0 Å². The number of hydrogen-bond donors (Lipinski definition) is 3. The molecule has 0 aliphatic carbocycles. The lowest BCUT2D eigenvalue weighted by Gasteiger charge is -2.11. The first-order chi connectivity index (χ1) is 5.85. The highest BCUT2D eigenvalue weighted by Gasteiger charge is 2.18. The van der Waals surface area contributed by atoms with Gasteiger partial charge in [-0.25, -0.2) is 9.36 Å². The maximum atomic E-state index is 10.4. The van der Waals surface area contributed by atoms with Crippen LogP contribution in [0.5, 0.6) is 0 Å². The van der Waals surface area contributed by atoms with E-state index in [-0.39, 0.29) is 0 Å². The van der Waals surface area contributed by atoms with Gasteiger partial charge in [0, 0.05) is 6.08 Å². The molecule has 0 aromatic carbocycles. The summed E-state index contributed by atoms with van der Waals surface area (Å²) >= 11 is 0. The van der Waals surface area contributed by atoms with Crippen LogP contribution in [0.4, 0.5) is 0 Å². The number of aliphatic hydroxyl groups is 1. The van der Waals surface area contributed by atoms with Crippen LogP contribution in [0, 0.1) is 0 Å². The number of phosphoric ester groups is 1. The van der Waals surface area contributed by atoms with E-state index in [1.54, 1.807) is 0 Å². The van der Waals surface area contributed by atoms with Crippen molar-refractivity contribution < 1.29 is 33.5 Å². The molecule has 7 nitrogen and oxygen atoms in total. The first-order valence-electron chi connectivity index (χ1n) is 3.06. The molecule has 0 heterocycles. The van der Waals surface area contributed by atoms with Crippen molar-refractivity contribution in [1.29, 1.82) is 0 Å². The van der Waals surface area contributed by atoms with Crippen molar-refractivity contribution in [2.24, 2.45) is 0 Å². The molecule has 3 N–H and O–H groups in total. The SMILES string of the molecule is C=CC(=O)OC(O)COP(=O)(O)O. The average Bonchev–Trinajstić information content (AvgIpc) is 1.99. The van der Waals surface area contributed by atoms with E-state index in [9.17, 15) is 9.36 Å². The summed E-state index contributed by atoms with van der Waals surface area (Å²) < 4.78 is 18.1. The second-order valence-electron chi connectivity index (χ2n) is 1.88. The molecule has 0 aliphatic heterocycles. The Morgan fingerprint density at radius 1 is 1.62 bits per heavy atom. The van der Waals surface area contributed by atoms with Gasteiger partial charge in [-0.15, -0.1) is 0 Å². The lowest BCUT2D eigenvalue weighted by atomic mass is 10.6. The van der Waals surface area contributed by atoms with E-state index >= 15 is 0 Å². The molecule has 0 saturated heterocycles. The molecule has 0 aromatic heterocycles. The van der Waals surface area contributed by atoms with Crippen molar-refractivity contribution in [3.8, 4) is 0 Å². The minimum absolute atomic E-state index is 0.792. The quantitative estimate of drug-likeness (QED) is 0.235. The Labute approximate surface area is 73.8 Å². The molecular weight excluding hydrogens is 203 g/mol. The highest BCUT2D eigenvalue weighted by molar-refractivity contribution is 7.46. The largest absolute Gasteiger partial charge is 0.469 e. The number of rotatable bonds is 5. The lowest BCUT2D eigenvalue weighted by Crippen LogP contribution is -2.21. The second-order valence-corrected chi connectivity index (χ2v) is 3.12. The fraction of sp³-hybridized carbons (Fsp3) is 0.400. The molecule has 76 valence electrons. The van der Waals surface area contributed by atoms with Crippen LogP contribution in [-0.4, -0.2) is 33.8 Å². The highest BCUT2D eigenvalue weighted by atomic mass is 31.2. The van der Waals surface area contributed by atoms with Crippen molar-refractivity contribution in [3.05, 3.63) is 12.7 Å². The number of carbonyl (C=O) groups excluding carboxylic acids is 1. The van der Waals surface area contributed by atoms with E-state index in [1.807, 2.05) is 0 Å². The van der Waals surface area contributed by atoms with Gasteiger partial charge in [-0.2, -0.15) is 0 Å². The van der Waals surface area contributed by atoms with Gasteiger partial charge in [-0.1, -0.05) is 6.58 Å². The number of aliphatic hydroxyl groups excluding tert-OH is 1. The Balaban J connectivity index is 3.76. The summed E-state index contributed by atoms with van der Waals surface area (Å²) in [5.74, 6) is -0.915. The Bertz CT molecular complexity index is 231. The summed E-state index contributed by atoms with van der Waals surface area (Å²) in [5.41, 5.74) is 0. The van der Waals surface area contributed by atoms with E-state index in [1.165, 1.54) is 0 Å². The summed E-state index contributed by atoms with van der Waals surface area (Å²) in [7, 11) is -4.65. The average molecular weight is 212 g/mol. The minimum Gasteiger partial charge on any atom is -0.430 e. The Kier molecular flexibility index (Phi) is 4.82. The lowest BCUT2D eigenvalue weighted by molar-refractivity contribution is -0.166. The number of esters is 1. The Morgan fingerprint density at radius 3 is 2.54 bits per heavy atom. The number of carbonyl (C=O) groups is 1. The summed E-state index contributed by atoms with van der Waals surface area (Å²) in [6.45, 7) is 2.24. The third-order valence-electron chi connectivity index (χ3n) is 0.804. The minimum atomic E-state index is -4.65. The summed E-state index contributed by atoms with van der Waals surface area (Å²) in [6, 6.07) is 0. The molecule has 13 heavy (non-hydrogen) atoms. The number of phosphoric acid groups is 1. The van der Waals surface area contributed by atoms with Crippen LogP contribution in [0.3, 0.4) is 0 Å². The van der Waals surface area contributed by atoms with E-state index in [2.05, 4.69) is 15.8 Å². The van der Waals surface area contributed by atoms with Crippen molar-refractivity contribution in [1.82, 2.24) is 0 Å². The van der Waals surface area contributed by atoms with Gasteiger partial charge in [-0.3, -0.25) is 4.52 Å². The first-order valence-corrected chi connectivity index (χ1v) is 4.59. The molecule has 0 amide bonds. The second kappa shape index (κ2) is 5.11. The van der Waals surface area contributed by atoms with Crippen LogP contribution in [0.2, 0.25) is 0 Å². The molecule has 1 atom stereocenters. The van der Waals surface area contributed by atoms with Crippen molar-refractivity contribution in [2.75, 3.05) is 6.61 Å². The number of ether oxygens (including phenoxy) is 1. The third-order valence-corrected chi connectivity index (χ3v) is 1.29. The molecule has 0 aliphatic rings. The van der Waals surface area contributed by atoms with E-state index in [0.29, 0.717) is 0 Å². The monoisotopic (exact) mass is 212 g/mol. The predicted octanol–water partition coefficient (Wildman–Crippen LogP) is -0.857. The molecule has 1 unspecified atom stereocenters. The van der Waals surface area contributed by atoms with Gasteiger partial charge < -0.3 is 19.6 Å². The zero-order chi connectivity index (χ0) is 10.5. The third kappa shape index (κ3) is 7.63. The van der Waals surface area contributed by atoms with Gasteiger partial charge in [0.2, 0.25) is 6.29 Å². The Hall–Kier alpha value is -0.720. The fourth-order valence-corrected chi connectivity index (χ4v) is 0.699. The van der Waals surface area contributed by atoms with Gasteiger partial charge >= 0.3 is 13.8 Å². The molecule has 0 rings (SSSR count). The molecule has 0 saturated carbocycles. The molecule has 8 heteroatoms. The van der Waals surface area contributed by atoms with Crippen LogP contribution in [0.1, 0.15) is 0 Å². The zero-order valence-electron chi connectivity index (χ0n) is 6.49. The van der Waals surface area contributed by atoms with Gasteiger partial charge in [-0.05, 0) is 0 Å². The van der Waals surface area contributed by atoms with Crippen LogP contribution >= 0.6 is 7.82 Å². The first kappa shape index (κ1) is 12.3. The van der Waals surface area contributed by atoms with Crippen LogP contribution in [-0.2, 0) is 18.6 Å². The number of hydrogen-bond acceptors (Lipinski definition) is 5. The van der Waals surface area contributed by atoms with Crippen molar-refractivity contribution in [2.45, 2.75) is 6.29 Å². The maximum Gasteiger partial charge on any atom is 0.469 e. The van der Waals surface area contributed by atoms with Crippen LogP contribution in [0.15, 0.2) is 12.7 Å². The molecule has 0 fully saturated rings.